The zero-order valence-corrected chi connectivity index (χ0v) is 20.8. The summed E-state index contributed by atoms with van der Waals surface area (Å²) in [6.45, 7) is 6.11. The van der Waals surface area contributed by atoms with E-state index in [2.05, 4.69) is 34.9 Å². The lowest BCUT2D eigenvalue weighted by molar-refractivity contribution is -0.142. The standard InChI is InChI=1S/C28H36N2O5/c1-4-10-19(16-26(31)30-25(27(32)33)15-18(3)5-2)29-28(34)35-17-24-22-13-8-6-11-20(22)21-12-7-9-14-23(21)24/h6-9,11-14,18-19,24-25H,4-5,10,15-17H2,1-3H3,(H,29,34)(H,30,31)(H,32,33)/t18?,19-,25?/m1/s1. The Labute approximate surface area is 207 Å². The van der Waals surface area contributed by atoms with Gasteiger partial charge in [-0.1, -0.05) is 82.1 Å². The Hall–Kier alpha value is -3.35. The van der Waals surface area contributed by atoms with Crippen molar-refractivity contribution in [3.8, 4) is 11.1 Å². The number of carbonyl (C=O) groups is 3. The van der Waals surface area contributed by atoms with E-state index in [0.717, 1.165) is 35.1 Å². The highest BCUT2D eigenvalue weighted by Crippen LogP contribution is 2.44. The molecule has 0 fully saturated rings. The Bertz CT molecular complexity index is 992. The molecular formula is C28H36N2O5. The second-order valence-corrected chi connectivity index (χ2v) is 9.37. The number of fused-ring (bicyclic) bond motifs is 3. The predicted octanol–water partition coefficient (Wildman–Crippen LogP) is 5.09. The van der Waals surface area contributed by atoms with E-state index in [1.54, 1.807) is 0 Å². The molecule has 7 nitrogen and oxygen atoms in total. The number of alkyl carbamates (subject to hydrolysis) is 1. The minimum atomic E-state index is -1.05. The molecule has 2 amide bonds. The first-order chi connectivity index (χ1) is 16.8. The van der Waals surface area contributed by atoms with Gasteiger partial charge in [0.15, 0.2) is 0 Å². The molecule has 3 N–H and O–H groups in total. The van der Waals surface area contributed by atoms with Gasteiger partial charge in [-0.25, -0.2) is 9.59 Å². The van der Waals surface area contributed by atoms with Gasteiger partial charge in [-0.15, -0.1) is 0 Å². The quantitative estimate of drug-likeness (QED) is 0.392. The number of carbonyl (C=O) groups excluding carboxylic acids is 2. The summed E-state index contributed by atoms with van der Waals surface area (Å²) in [4.78, 5) is 36.8. The Morgan fingerprint density at radius 2 is 1.57 bits per heavy atom. The van der Waals surface area contributed by atoms with Crippen LogP contribution in [0.4, 0.5) is 4.79 Å². The fourth-order valence-corrected chi connectivity index (χ4v) is 4.65. The van der Waals surface area contributed by atoms with Gasteiger partial charge in [-0.2, -0.15) is 0 Å². The summed E-state index contributed by atoms with van der Waals surface area (Å²) in [5, 5.41) is 14.9. The first-order valence-corrected chi connectivity index (χ1v) is 12.5. The van der Waals surface area contributed by atoms with Crippen molar-refractivity contribution in [3.63, 3.8) is 0 Å². The number of carboxylic acid groups (broad SMARTS) is 1. The van der Waals surface area contributed by atoms with E-state index < -0.39 is 30.1 Å². The molecule has 0 aromatic heterocycles. The van der Waals surface area contributed by atoms with Gasteiger partial charge in [0.25, 0.3) is 0 Å². The normalized spacial score (nSPS) is 14.8. The average Bonchev–Trinajstić information content (AvgIpc) is 3.16. The van der Waals surface area contributed by atoms with Gasteiger partial charge in [-0.05, 0) is 41.0 Å². The predicted molar refractivity (Wildman–Crippen MR) is 135 cm³/mol. The number of hydrogen-bond acceptors (Lipinski definition) is 4. The summed E-state index contributed by atoms with van der Waals surface area (Å²) in [6, 6.07) is 14.9. The second kappa shape index (κ2) is 12.4. The molecular weight excluding hydrogens is 444 g/mol. The van der Waals surface area contributed by atoms with Crippen molar-refractivity contribution in [2.45, 2.75) is 70.9 Å². The van der Waals surface area contributed by atoms with Crippen LogP contribution in [0.5, 0.6) is 0 Å². The summed E-state index contributed by atoms with van der Waals surface area (Å²) < 4.78 is 5.61. The molecule has 3 atom stereocenters. The number of nitrogens with one attached hydrogen (secondary N) is 2. The third-order valence-corrected chi connectivity index (χ3v) is 6.70. The van der Waals surface area contributed by atoms with E-state index in [-0.39, 0.29) is 24.9 Å². The van der Waals surface area contributed by atoms with Crippen LogP contribution in [0.25, 0.3) is 11.1 Å². The van der Waals surface area contributed by atoms with Gasteiger partial charge in [-0.3, -0.25) is 4.79 Å². The first kappa shape index (κ1) is 26.3. The van der Waals surface area contributed by atoms with Crippen molar-refractivity contribution >= 4 is 18.0 Å². The van der Waals surface area contributed by atoms with E-state index in [4.69, 9.17) is 4.74 Å². The Morgan fingerprint density at radius 3 is 2.11 bits per heavy atom. The molecule has 7 heteroatoms. The third-order valence-electron chi connectivity index (χ3n) is 6.70. The van der Waals surface area contributed by atoms with Crippen LogP contribution in [0.1, 0.15) is 69.9 Å². The molecule has 0 heterocycles. The lowest BCUT2D eigenvalue weighted by Crippen LogP contribution is -2.45. The van der Waals surface area contributed by atoms with E-state index in [1.807, 2.05) is 45.0 Å². The maximum Gasteiger partial charge on any atom is 0.407 e. The first-order valence-electron chi connectivity index (χ1n) is 12.5. The van der Waals surface area contributed by atoms with Crippen LogP contribution >= 0.6 is 0 Å². The van der Waals surface area contributed by atoms with E-state index in [0.29, 0.717) is 12.8 Å². The molecule has 0 saturated carbocycles. The molecule has 0 spiro atoms. The number of hydrogen-bond donors (Lipinski definition) is 3. The van der Waals surface area contributed by atoms with Crippen LogP contribution < -0.4 is 10.6 Å². The Kier molecular flexibility index (Phi) is 9.29. The number of benzene rings is 2. The lowest BCUT2D eigenvalue weighted by Gasteiger charge is -2.22. The largest absolute Gasteiger partial charge is 0.480 e. The summed E-state index contributed by atoms with van der Waals surface area (Å²) in [5.74, 6) is -1.30. The minimum Gasteiger partial charge on any atom is -0.480 e. The van der Waals surface area contributed by atoms with Gasteiger partial charge < -0.3 is 20.5 Å². The number of ether oxygens (including phenoxy) is 1. The van der Waals surface area contributed by atoms with Crippen LogP contribution in [0.2, 0.25) is 0 Å². The molecule has 2 unspecified atom stereocenters. The molecule has 3 rings (SSSR count). The van der Waals surface area contributed by atoms with Crippen LogP contribution in [0.15, 0.2) is 48.5 Å². The van der Waals surface area contributed by atoms with Crippen molar-refractivity contribution in [3.05, 3.63) is 59.7 Å². The average molecular weight is 481 g/mol. The number of rotatable bonds is 12. The molecule has 188 valence electrons. The lowest BCUT2D eigenvalue weighted by atomic mass is 9.98. The molecule has 0 bridgehead atoms. The summed E-state index contributed by atoms with van der Waals surface area (Å²) in [6.07, 6.45) is 1.98. The zero-order chi connectivity index (χ0) is 25.4. The zero-order valence-electron chi connectivity index (χ0n) is 20.8. The molecule has 0 aliphatic heterocycles. The van der Waals surface area contributed by atoms with Crippen LogP contribution in [0.3, 0.4) is 0 Å². The van der Waals surface area contributed by atoms with Crippen molar-refractivity contribution in [2.75, 3.05) is 6.61 Å². The van der Waals surface area contributed by atoms with Crippen molar-refractivity contribution in [1.29, 1.82) is 0 Å². The molecule has 1 aliphatic carbocycles. The molecule has 35 heavy (non-hydrogen) atoms. The van der Waals surface area contributed by atoms with Crippen LogP contribution in [-0.4, -0.2) is 41.8 Å². The number of aliphatic carboxylic acids is 1. The summed E-state index contributed by atoms with van der Waals surface area (Å²) in [5.41, 5.74) is 4.57. The van der Waals surface area contributed by atoms with Gasteiger partial charge >= 0.3 is 12.1 Å². The smallest absolute Gasteiger partial charge is 0.407 e. The molecule has 1 aliphatic rings. The van der Waals surface area contributed by atoms with Crippen molar-refractivity contribution < 1.29 is 24.2 Å². The van der Waals surface area contributed by atoms with E-state index >= 15 is 0 Å². The van der Waals surface area contributed by atoms with Crippen molar-refractivity contribution in [1.82, 2.24) is 10.6 Å². The fraction of sp³-hybridized carbons (Fsp3) is 0.464. The van der Waals surface area contributed by atoms with E-state index in [9.17, 15) is 19.5 Å². The van der Waals surface area contributed by atoms with Gasteiger partial charge in [0.05, 0.1) is 0 Å². The molecule has 0 saturated heterocycles. The highest BCUT2D eigenvalue weighted by atomic mass is 16.5. The van der Waals surface area contributed by atoms with Crippen molar-refractivity contribution in [2.24, 2.45) is 5.92 Å². The summed E-state index contributed by atoms with van der Waals surface area (Å²) in [7, 11) is 0. The van der Waals surface area contributed by atoms with Crippen LogP contribution in [-0.2, 0) is 14.3 Å². The minimum absolute atomic E-state index is 0.00230. The van der Waals surface area contributed by atoms with Crippen LogP contribution in [0, 0.1) is 5.92 Å². The highest BCUT2D eigenvalue weighted by molar-refractivity contribution is 5.84. The van der Waals surface area contributed by atoms with Gasteiger partial charge in [0.1, 0.15) is 12.6 Å². The van der Waals surface area contributed by atoms with E-state index in [1.165, 1.54) is 0 Å². The third kappa shape index (κ3) is 6.84. The Balaban J connectivity index is 1.57. The topological polar surface area (TPSA) is 105 Å². The SMILES string of the molecule is CCC[C@H](CC(=O)NC(CC(C)CC)C(=O)O)NC(=O)OCC1c2ccccc2-c2ccccc21. The molecule has 2 aromatic carbocycles. The van der Waals surface area contributed by atoms with Gasteiger partial charge in [0.2, 0.25) is 5.91 Å². The maximum atomic E-state index is 12.6. The Morgan fingerprint density at radius 1 is 0.971 bits per heavy atom. The number of amides is 2. The van der Waals surface area contributed by atoms with Gasteiger partial charge in [0, 0.05) is 18.4 Å². The second-order valence-electron chi connectivity index (χ2n) is 9.37. The summed E-state index contributed by atoms with van der Waals surface area (Å²) >= 11 is 0. The maximum absolute atomic E-state index is 12.6. The molecule has 0 radical (unpaired) electrons. The molecule has 2 aromatic rings. The number of carboxylic acids is 1. The fourth-order valence-electron chi connectivity index (χ4n) is 4.65. The monoisotopic (exact) mass is 480 g/mol. The highest BCUT2D eigenvalue weighted by Gasteiger charge is 2.29.